The summed E-state index contributed by atoms with van der Waals surface area (Å²) >= 11 is 13.4. The number of benzene rings is 2. The van der Waals surface area contributed by atoms with Crippen molar-refractivity contribution in [1.29, 1.82) is 0 Å². The molecule has 0 saturated carbocycles. The third kappa shape index (κ3) is 4.09. The van der Waals surface area contributed by atoms with Gasteiger partial charge in [-0.05, 0) is 72.2 Å². The van der Waals surface area contributed by atoms with Gasteiger partial charge in [0.25, 0.3) is 0 Å². The highest BCUT2D eigenvalue weighted by atomic mass is 79.9. The average Bonchev–Trinajstić information content (AvgIpc) is 2.90. The highest BCUT2D eigenvalue weighted by molar-refractivity contribution is 9.10. The standard InChI is InChI=1S/C21H17Br2ClN2O2/c1-12-17(11-25-19-10-14(21(27)28-3)4-9-18(19)24)20(23)13(2)26(12)16-7-5-15(22)6-8-16/h4-11H,1-3H3. The van der Waals surface area contributed by atoms with Crippen LogP contribution in [-0.2, 0) is 4.74 Å². The average molecular weight is 525 g/mol. The smallest absolute Gasteiger partial charge is 0.337 e. The van der Waals surface area contributed by atoms with Crippen molar-refractivity contribution >= 4 is 61.3 Å². The van der Waals surface area contributed by atoms with Crippen LogP contribution in [0.3, 0.4) is 0 Å². The van der Waals surface area contributed by atoms with Crippen LogP contribution in [0.2, 0.25) is 5.02 Å². The number of hydrogen-bond acceptors (Lipinski definition) is 3. The van der Waals surface area contributed by atoms with Crippen molar-refractivity contribution in [3.05, 3.63) is 78.9 Å². The van der Waals surface area contributed by atoms with Gasteiger partial charge in [0.2, 0.25) is 0 Å². The zero-order valence-electron chi connectivity index (χ0n) is 15.5. The number of aliphatic imine (C=N–C) groups is 1. The third-order valence-corrected chi connectivity index (χ3v) is 6.25. The first-order valence-corrected chi connectivity index (χ1v) is 10.3. The van der Waals surface area contributed by atoms with Crippen molar-refractivity contribution in [3.63, 3.8) is 0 Å². The van der Waals surface area contributed by atoms with Gasteiger partial charge in [-0.2, -0.15) is 0 Å². The van der Waals surface area contributed by atoms with Crippen LogP contribution in [0.1, 0.15) is 27.3 Å². The Kier molecular flexibility index (Phi) is 6.43. The molecule has 0 saturated heterocycles. The van der Waals surface area contributed by atoms with E-state index in [1.165, 1.54) is 7.11 Å². The molecule has 144 valence electrons. The van der Waals surface area contributed by atoms with Gasteiger partial charge in [-0.1, -0.05) is 27.5 Å². The van der Waals surface area contributed by atoms with Crippen molar-refractivity contribution < 1.29 is 9.53 Å². The van der Waals surface area contributed by atoms with Crippen molar-refractivity contribution in [2.45, 2.75) is 13.8 Å². The number of halogens is 3. The van der Waals surface area contributed by atoms with E-state index in [1.54, 1.807) is 24.4 Å². The van der Waals surface area contributed by atoms with E-state index in [0.29, 0.717) is 16.3 Å². The van der Waals surface area contributed by atoms with Crippen LogP contribution >= 0.6 is 43.5 Å². The molecule has 7 heteroatoms. The molecule has 0 aliphatic carbocycles. The van der Waals surface area contributed by atoms with Crippen LogP contribution in [0.4, 0.5) is 5.69 Å². The van der Waals surface area contributed by atoms with E-state index < -0.39 is 5.97 Å². The molecule has 2 aromatic carbocycles. The molecule has 0 radical (unpaired) electrons. The van der Waals surface area contributed by atoms with Crippen LogP contribution < -0.4 is 0 Å². The first kappa shape index (κ1) is 20.8. The molecular weight excluding hydrogens is 508 g/mol. The van der Waals surface area contributed by atoms with E-state index in [2.05, 4.69) is 41.4 Å². The molecule has 0 amide bonds. The van der Waals surface area contributed by atoms with Gasteiger partial charge in [0.05, 0.1) is 23.4 Å². The number of methoxy groups -OCH3 is 1. The first-order chi connectivity index (χ1) is 13.3. The molecule has 0 aliphatic rings. The maximum Gasteiger partial charge on any atom is 0.337 e. The summed E-state index contributed by atoms with van der Waals surface area (Å²) in [5.41, 5.74) is 5.01. The monoisotopic (exact) mass is 522 g/mol. The lowest BCUT2D eigenvalue weighted by Crippen LogP contribution is -2.00. The Balaban J connectivity index is 2.03. The number of carbonyl (C=O) groups is 1. The highest BCUT2D eigenvalue weighted by Crippen LogP contribution is 2.31. The van der Waals surface area contributed by atoms with Crippen molar-refractivity contribution in [1.82, 2.24) is 4.57 Å². The summed E-state index contributed by atoms with van der Waals surface area (Å²) in [5, 5.41) is 0.460. The molecule has 28 heavy (non-hydrogen) atoms. The summed E-state index contributed by atoms with van der Waals surface area (Å²) in [5.74, 6) is -0.428. The topological polar surface area (TPSA) is 43.6 Å². The zero-order valence-corrected chi connectivity index (χ0v) is 19.4. The molecule has 0 aliphatic heterocycles. The van der Waals surface area contributed by atoms with Gasteiger partial charge >= 0.3 is 5.97 Å². The summed E-state index contributed by atoms with van der Waals surface area (Å²) in [7, 11) is 1.34. The molecule has 0 N–H and O–H groups in total. The summed E-state index contributed by atoms with van der Waals surface area (Å²) in [6.07, 6.45) is 1.75. The molecule has 3 aromatic rings. The van der Waals surface area contributed by atoms with E-state index in [1.807, 2.05) is 38.1 Å². The lowest BCUT2D eigenvalue weighted by atomic mass is 10.2. The fraction of sp³-hybridized carbons (Fsp3) is 0.143. The number of rotatable bonds is 4. The molecule has 1 heterocycles. The van der Waals surface area contributed by atoms with Gasteiger partial charge in [0.15, 0.2) is 0 Å². The lowest BCUT2D eigenvalue weighted by Gasteiger charge is -2.09. The van der Waals surface area contributed by atoms with Gasteiger partial charge in [-0.3, -0.25) is 4.99 Å². The molecule has 0 spiro atoms. The van der Waals surface area contributed by atoms with Crippen LogP contribution in [0.15, 0.2) is 56.4 Å². The quantitative estimate of drug-likeness (QED) is 0.278. The summed E-state index contributed by atoms with van der Waals surface area (Å²) in [4.78, 5) is 16.3. The van der Waals surface area contributed by atoms with Crippen LogP contribution in [-0.4, -0.2) is 23.9 Å². The van der Waals surface area contributed by atoms with Gasteiger partial charge in [-0.25, -0.2) is 4.79 Å². The minimum Gasteiger partial charge on any atom is -0.465 e. The third-order valence-electron chi connectivity index (χ3n) is 4.40. The fourth-order valence-electron chi connectivity index (χ4n) is 2.94. The number of esters is 1. The molecule has 0 unspecified atom stereocenters. The maximum atomic E-state index is 11.8. The van der Waals surface area contributed by atoms with E-state index >= 15 is 0 Å². The Hall–Kier alpha value is -1.89. The Morgan fingerprint density at radius 3 is 2.43 bits per heavy atom. The number of nitrogens with zero attached hydrogens (tertiary/aromatic N) is 2. The lowest BCUT2D eigenvalue weighted by molar-refractivity contribution is 0.0601. The van der Waals surface area contributed by atoms with Crippen LogP contribution in [0.25, 0.3) is 5.69 Å². The molecule has 4 nitrogen and oxygen atoms in total. The summed E-state index contributed by atoms with van der Waals surface area (Å²) in [6, 6.07) is 13.0. The predicted molar refractivity (Wildman–Crippen MR) is 121 cm³/mol. The second-order valence-corrected chi connectivity index (χ2v) is 8.24. The first-order valence-electron chi connectivity index (χ1n) is 8.38. The maximum absolute atomic E-state index is 11.8. The minimum absolute atomic E-state index is 0.401. The zero-order chi connectivity index (χ0) is 20.4. The van der Waals surface area contributed by atoms with Gasteiger partial charge in [0, 0.05) is 37.8 Å². The van der Waals surface area contributed by atoms with Gasteiger partial charge in [0.1, 0.15) is 0 Å². The van der Waals surface area contributed by atoms with Gasteiger partial charge < -0.3 is 9.30 Å². The molecule has 3 rings (SSSR count). The van der Waals surface area contributed by atoms with Crippen LogP contribution in [0.5, 0.6) is 0 Å². The fourth-order valence-corrected chi connectivity index (χ4v) is 3.94. The van der Waals surface area contributed by atoms with Crippen molar-refractivity contribution in [3.8, 4) is 5.69 Å². The molecular formula is C21H17Br2ClN2O2. The van der Waals surface area contributed by atoms with E-state index in [4.69, 9.17) is 16.3 Å². The predicted octanol–water partition coefficient (Wildman–Crippen LogP) is 6.81. The van der Waals surface area contributed by atoms with E-state index in [9.17, 15) is 4.79 Å². The number of aromatic nitrogens is 1. The summed E-state index contributed by atoms with van der Waals surface area (Å²) < 4.78 is 8.90. The van der Waals surface area contributed by atoms with E-state index in [0.717, 1.165) is 31.6 Å². The van der Waals surface area contributed by atoms with Crippen LogP contribution in [0, 0.1) is 13.8 Å². The van der Waals surface area contributed by atoms with Gasteiger partial charge in [-0.15, -0.1) is 0 Å². The highest BCUT2D eigenvalue weighted by Gasteiger charge is 2.16. The Bertz CT molecular complexity index is 1070. The molecule has 0 atom stereocenters. The minimum atomic E-state index is -0.428. The second kappa shape index (κ2) is 8.64. The molecule has 1 aromatic heterocycles. The normalized spacial score (nSPS) is 11.2. The number of hydrogen-bond donors (Lipinski definition) is 0. The summed E-state index contributed by atoms with van der Waals surface area (Å²) in [6.45, 7) is 4.08. The Labute approximate surface area is 185 Å². The Morgan fingerprint density at radius 2 is 1.79 bits per heavy atom. The molecule has 0 bridgehead atoms. The van der Waals surface area contributed by atoms with E-state index in [-0.39, 0.29) is 0 Å². The second-order valence-electron chi connectivity index (χ2n) is 6.13. The number of ether oxygens (including phenoxy) is 1. The largest absolute Gasteiger partial charge is 0.465 e. The van der Waals surface area contributed by atoms with Crippen molar-refractivity contribution in [2.24, 2.45) is 4.99 Å². The Morgan fingerprint density at radius 1 is 1.11 bits per heavy atom. The van der Waals surface area contributed by atoms with Crippen molar-refractivity contribution in [2.75, 3.05) is 7.11 Å². The molecule has 0 fully saturated rings. The number of carbonyl (C=O) groups excluding carboxylic acids is 1. The SMILES string of the molecule is COC(=O)c1ccc(Cl)c(N=Cc2c(Br)c(C)n(-c3ccc(Br)cc3)c2C)c1.